The van der Waals surface area contributed by atoms with Crippen molar-refractivity contribution in [3.63, 3.8) is 0 Å². The predicted octanol–water partition coefficient (Wildman–Crippen LogP) is 2.36. The van der Waals surface area contributed by atoms with E-state index in [1.807, 2.05) is 23.8 Å². The number of hydrogen-bond acceptors (Lipinski definition) is 4. The molecule has 17 heavy (non-hydrogen) atoms. The van der Waals surface area contributed by atoms with Gasteiger partial charge in [-0.05, 0) is 18.2 Å². The van der Waals surface area contributed by atoms with Crippen molar-refractivity contribution in [2.75, 3.05) is 0 Å². The summed E-state index contributed by atoms with van der Waals surface area (Å²) in [5.41, 5.74) is 4.66. The fourth-order valence-corrected chi connectivity index (χ4v) is 2.57. The van der Waals surface area contributed by atoms with E-state index in [4.69, 9.17) is 0 Å². The number of hydrogen-bond donors (Lipinski definition) is 1. The topological polar surface area (TPSA) is 59.4 Å². The minimum absolute atomic E-state index is 0.713. The molecule has 3 aromatic heterocycles. The summed E-state index contributed by atoms with van der Waals surface area (Å²) in [6.07, 6.45) is 3.58. The molecule has 0 aliphatic heterocycles. The van der Waals surface area contributed by atoms with Crippen LogP contribution in [0.3, 0.4) is 0 Å². The molecule has 6 heteroatoms. The van der Waals surface area contributed by atoms with Gasteiger partial charge < -0.3 is 4.98 Å². The number of fused-ring (bicyclic) bond motifs is 3. The Hall–Kier alpha value is -2.21. The van der Waals surface area contributed by atoms with Crippen LogP contribution in [0.4, 0.5) is 0 Å². The van der Waals surface area contributed by atoms with Gasteiger partial charge in [0.1, 0.15) is 11.0 Å². The SMILES string of the molecule is c1cnn(-c2nc3c(ccc4scnc43)[nH]2)c1. The monoisotopic (exact) mass is 241 g/mol. The van der Waals surface area contributed by atoms with Gasteiger partial charge in [0.15, 0.2) is 0 Å². The number of benzene rings is 1. The highest BCUT2D eigenvalue weighted by Gasteiger charge is 2.09. The summed E-state index contributed by atoms with van der Waals surface area (Å²) in [6, 6.07) is 5.95. The summed E-state index contributed by atoms with van der Waals surface area (Å²) in [6.45, 7) is 0. The summed E-state index contributed by atoms with van der Waals surface area (Å²) in [5.74, 6) is 0.713. The minimum atomic E-state index is 0.713. The van der Waals surface area contributed by atoms with Crippen molar-refractivity contribution >= 4 is 32.6 Å². The molecule has 1 aromatic carbocycles. The third-order valence-electron chi connectivity index (χ3n) is 2.66. The molecule has 0 aliphatic carbocycles. The summed E-state index contributed by atoms with van der Waals surface area (Å²) in [7, 11) is 0. The molecule has 5 nitrogen and oxygen atoms in total. The Morgan fingerprint density at radius 3 is 3.12 bits per heavy atom. The number of rotatable bonds is 1. The smallest absolute Gasteiger partial charge is 0.229 e. The standard InChI is InChI=1S/C11H7N5S/c1-4-13-16(5-1)11-14-7-2-3-8-10(9(7)15-11)12-6-17-8/h1-6H,(H,14,15). The van der Waals surface area contributed by atoms with Crippen LogP contribution in [0.15, 0.2) is 36.1 Å². The highest BCUT2D eigenvalue weighted by molar-refractivity contribution is 7.16. The van der Waals surface area contributed by atoms with Crippen molar-refractivity contribution in [2.24, 2.45) is 0 Å². The van der Waals surface area contributed by atoms with E-state index in [0.717, 1.165) is 21.3 Å². The number of nitrogens with one attached hydrogen (secondary N) is 1. The number of imidazole rings is 1. The number of aromatic amines is 1. The van der Waals surface area contributed by atoms with Crippen LogP contribution in [0.2, 0.25) is 0 Å². The van der Waals surface area contributed by atoms with Crippen LogP contribution in [-0.4, -0.2) is 24.7 Å². The molecule has 0 fully saturated rings. The Morgan fingerprint density at radius 2 is 2.24 bits per heavy atom. The molecule has 0 aliphatic rings. The van der Waals surface area contributed by atoms with Gasteiger partial charge in [0.05, 0.1) is 15.7 Å². The zero-order chi connectivity index (χ0) is 11.2. The highest BCUT2D eigenvalue weighted by Crippen LogP contribution is 2.25. The Bertz CT molecular complexity index is 796. The minimum Gasteiger partial charge on any atom is -0.322 e. The van der Waals surface area contributed by atoms with Crippen LogP contribution in [0.25, 0.3) is 27.2 Å². The summed E-state index contributed by atoms with van der Waals surface area (Å²) in [5, 5.41) is 4.15. The maximum Gasteiger partial charge on any atom is 0.229 e. The van der Waals surface area contributed by atoms with Gasteiger partial charge in [-0.3, -0.25) is 0 Å². The molecule has 4 aromatic rings. The first kappa shape index (κ1) is 8.89. The zero-order valence-electron chi connectivity index (χ0n) is 8.66. The van der Waals surface area contributed by atoms with E-state index in [-0.39, 0.29) is 0 Å². The molecule has 0 amide bonds. The molecular weight excluding hydrogens is 234 g/mol. The maximum atomic E-state index is 4.54. The van der Waals surface area contributed by atoms with Gasteiger partial charge in [0.25, 0.3) is 0 Å². The first-order valence-electron chi connectivity index (χ1n) is 5.14. The van der Waals surface area contributed by atoms with E-state index in [2.05, 4.69) is 26.1 Å². The molecule has 0 bridgehead atoms. The molecular formula is C11H7N5S. The number of H-pyrrole nitrogens is 1. The van der Waals surface area contributed by atoms with E-state index in [9.17, 15) is 0 Å². The lowest BCUT2D eigenvalue weighted by molar-refractivity contribution is 0.829. The number of aromatic nitrogens is 5. The average molecular weight is 241 g/mol. The van der Waals surface area contributed by atoms with Crippen molar-refractivity contribution < 1.29 is 0 Å². The lowest BCUT2D eigenvalue weighted by Gasteiger charge is -1.91. The summed E-state index contributed by atoms with van der Waals surface area (Å²) >= 11 is 1.62. The van der Waals surface area contributed by atoms with Gasteiger partial charge >= 0.3 is 0 Å². The maximum absolute atomic E-state index is 4.54. The van der Waals surface area contributed by atoms with Crippen LogP contribution in [0.1, 0.15) is 0 Å². The molecule has 0 unspecified atom stereocenters. The molecule has 1 N–H and O–H groups in total. The number of thiazole rings is 1. The van der Waals surface area contributed by atoms with E-state index in [1.165, 1.54) is 0 Å². The Kier molecular flexibility index (Phi) is 1.64. The van der Waals surface area contributed by atoms with Crippen molar-refractivity contribution in [1.82, 2.24) is 24.7 Å². The van der Waals surface area contributed by atoms with Crippen LogP contribution in [-0.2, 0) is 0 Å². The number of nitrogens with zero attached hydrogens (tertiary/aromatic N) is 4. The Labute approximate surface area is 99.7 Å². The lowest BCUT2D eigenvalue weighted by Crippen LogP contribution is -1.95. The summed E-state index contributed by atoms with van der Waals surface area (Å²) in [4.78, 5) is 12.1. The van der Waals surface area contributed by atoms with Gasteiger partial charge in [0, 0.05) is 12.4 Å². The van der Waals surface area contributed by atoms with Crippen LogP contribution >= 0.6 is 11.3 Å². The molecule has 0 saturated carbocycles. The quantitative estimate of drug-likeness (QED) is 0.556. The molecule has 4 rings (SSSR count). The van der Waals surface area contributed by atoms with Crippen molar-refractivity contribution in [3.05, 3.63) is 36.1 Å². The zero-order valence-corrected chi connectivity index (χ0v) is 9.48. The van der Waals surface area contributed by atoms with Gasteiger partial charge in [-0.25, -0.2) is 14.6 Å². The van der Waals surface area contributed by atoms with E-state index >= 15 is 0 Å². The molecule has 3 heterocycles. The van der Waals surface area contributed by atoms with Crippen molar-refractivity contribution in [1.29, 1.82) is 0 Å². The van der Waals surface area contributed by atoms with Gasteiger partial charge in [-0.2, -0.15) is 5.10 Å². The first-order valence-corrected chi connectivity index (χ1v) is 6.02. The van der Waals surface area contributed by atoms with Crippen LogP contribution < -0.4 is 0 Å². The summed E-state index contributed by atoms with van der Waals surface area (Å²) < 4.78 is 2.86. The molecule has 0 atom stereocenters. The second-order valence-corrected chi connectivity index (χ2v) is 4.56. The first-order chi connectivity index (χ1) is 8.42. The third-order valence-corrected chi connectivity index (χ3v) is 3.46. The average Bonchev–Trinajstić information content (AvgIpc) is 3.08. The normalized spacial score (nSPS) is 11.5. The molecule has 0 spiro atoms. The predicted molar refractivity (Wildman–Crippen MR) is 66.4 cm³/mol. The van der Waals surface area contributed by atoms with Crippen LogP contribution in [0, 0.1) is 0 Å². The van der Waals surface area contributed by atoms with E-state index < -0.39 is 0 Å². The largest absolute Gasteiger partial charge is 0.322 e. The van der Waals surface area contributed by atoms with Crippen molar-refractivity contribution in [3.8, 4) is 5.95 Å². The Balaban J connectivity index is 2.09. The van der Waals surface area contributed by atoms with Gasteiger partial charge in [0.2, 0.25) is 5.95 Å². The second kappa shape index (κ2) is 3.14. The van der Waals surface area contributed by atoms with E-state index in [1.54, 1.807) is 22.2 Å². The van der Waals surface area contributed by atoms with E-state index in [0.29, 0.717) is 5.95 Å². The van der Waals surface area contributed by atoms with Crippen molar-refractivity contribution in [2.45, 2.75) is 0 Å². The molecule has 82 valence electrons. The van der Waals surface area contributed by atoms with Gasteiger partial charge in [-0.15, -0.1) is 11.3 Å². The fraction of sp³-hybridized carbons (Fsp3) is 0. The van der Waals surface area contributed by atoms with Gasteiger partial charge in [-0.1, -0.05) is 0 Å². The fourth-order valence-electron chi connectivity index (χ4n) is 1.89. The lowest BCUT2D eigenvalue weighted by atomic mass is 10.3. The Morgan fingerprint density at radius 1 is 1.24 bits per heavy atom. The third kappa shape index (κ3) is 1.21. The second-order valence-electron chi connectivity index (χ2n) is 3.67. The molecule has 0 saturated heterocycles. The molecule has 0 radical (unpaired) electrons. The van der Waals surface area contributed by atoms with Crippen LogP contribution in [0.5, 0.6) is 0 Å². The highest BCUT2D eigenvalue weighted by atomic mass is 32.1.